The van der Waals surface area contributed by atoms with Gasteiger partial charge in [0, 0.05) is 30.9 Å². The molecule has 0 saturated carbocycles. The molecule has 2 rings (SSSR count). The molecule has 1 fully saturated rings. The summed E-state index contributed by atoms with van der Waals surface area (Å²) in [5.41, 5.74) is 2.75. The molecule has 1 aliphatic rings. The van der Waals surface area contributed by atoms with Gasteiger partial charge in [-0.15, -0.1) is 0 Å². The van der Waals surface area contributed by atoms with E-state index in [0.717, 1.165) is 19.6 Å². The van der Waals surface area contributed by atoms with E-state index in [1.807, 2.05) is 0 Å². The maximum Gasteiger partial charge on any atom is 0.0388 e. The molecule has 2 unspecified atom stereocenters. The molecular formula is C18H31N3. The minimum atomic E-state index is 0.606. The normalized spacial score (nSPS) is 23.5. The molecule has 0 radical (unpaired) electrons. The minimum Gasteiger partial charge on any atom is -0.382 e. The van der Waals surface area contributed by atoms with Gasteiger partial charge in [-0.1, -0.05) is 32.0 Å². The third kappa shape index (κ3) is 4.45. The average Bonchev–Trinajstić information content (AvgIpc) is 2.50. The van der Waals surface area contributed by atoms with E-state index in [1.165, 1.54) is 30.6 Å². The highest BCUT2D eigenvalue weighted by atomic mass is 15.1. The molecular weight excluding hydrogens is 258 g/mol. The molecule has 0 spiro atoms. The van der Waals surface area contributed by atoms with Crippen molar-refractivity contribution in [1.82, 2.24) is 9.80 Å². The fourth-order valence-electron chi connectivity index (χ4n) is 3.13. The first-order valence-corrected chi connectivity index (χ1v) is 8.41. The quantitative estimate of drug-likeness (QED) is 0.865. The Labute approximate surface area is 130 Å². The molecule has 1 aliphatic heterocycles. The number of piperidine rings is 1. The maximum atomic E-state index is 3.80. The van der Waals surface area contributed by atoms with E-state index in [4.69, 9.17) is 0 Å². The van der Waals surface area contributed by atoms with Crippen molar-refractivity contribution in [3.8, 4) is 0 Å². The summed E-state index contributed by atoms with van der Waals surface area (Å²) in [4.78, 5) is 4.93. The summed E-state index contributed by atoms with van der Waals surface area (Å²) in [5, 5.41) is 3.80. The molecule has 2 atom stereocenters. The van der Waals surface area contributed by atoms with Gasteiger partial charge < -0.3 is 10.2 Å². The van der Waals surface area contributed by atoms with Gasteiger partial charge in [0.05, 0.1) is 0 Å². The number of rotatable bonds is 6. The van der Waals surface area contributed by atoms with Crippen LogP contribution < -0.4 is 5.32 Å². The summed E-state index contributed by atoms with van der Waals surface area (Å²) in [5.74, 6) is 0. The number of nitrogens with one attached hydrogen (secondary N) is 1. The van der Waals surface area contributed by atoms with Crippen LogP contribution in [-0.4, -0.2) is 48.6 Å². The van der Waals surface area contributed by atoms with E-state index in [-0.39, 0.29) is 0 Å². The maximum absolute atomic E-state index is 3.80. The van der Waals surface area contributed by atoms with Crippen molar-refractivity contribution in [3.05, 3.63) is 29.8 Å². The zero-order valence-electron chi connectivity index (χ0n) is 14.1. The number of para-hydroxylation sites is 1. The van der Waals surface area contributed by atoms with Gasteiger partial charge in [-0.05, 0) is 51.5 Å². The van der Waals surface area contributed by atoms with Crippen molar-refractivity contribution in [2.45, 2.75) is 52.2 Å². The number of hydrogen-bond acceptors (Lipinski definition) is 3. The van der Waals surface area contributed by atoms with E-state index < -0.39 is 0 Å². The molecule has 1 heterocycles. The van der Waals surface area contributed by atoms with Gasteiger partial charge in [-0.25, -0.2) is 0 Å². The zero-order valence-corrected chi connectivity index (χ0v) is 14.1. The van der Waals surface area contributed by atoms with Crippen molar-refractivity contribution in [2.75, 3.05) is 32.0 Å². The highest BCUT2D eigenvalue weighted by Gasteiger charge is 2.23. The number of nitrogens with zero attached hydrogens (tertiary/aromatic N) is 2. The minimum absolute atomic E-state index is 0.606. The molecule has 0 aromatic heterocycles. The lowest BCUT2D eigenvalue weighted by Gasteiger charge is -2.36. The van der Waals surface area contributed by atoms with E-state index in [9.17, 15) is 0 Å². The first-order chi connectivity index (χ1) is 10.1. The lowest BCUT2D eigenvalue weighted by Crippen LogP contribution is -2.42. The summed E-state index contributed by atoms with van der Waals surface area (Å²) in [6, 6.07) is 10.1. The van der Waals surface area contributed by atoms with E-state index in [0.29, 0.717) is 12.1 Å². The monoisotopic (exact) mass is 289 g/mol. The van der Waals surface area contributed by atoms with Crippen LogP contribution in [0.1, 0.15) is 39.2 Å². The zero-order chi connectivity index (χ0) is 15.2. The molecule has 3 nitrogen and oxygen atoms in total. The van der Waals surface area contributed by atoms with Crippen LogP contribution in [0.4, 0.5) is 5.69 Å². The molecule has 21 heavy (non-hydrogen) atoms. The molecule has 0 bridgehead atoms. The lowest BCUT2D eigenvalue weighted by molar-refractivity contribution is 0.190. The average molecular weight is 289 g/mol. The highest BCUT2D eigenvalue weighted by molar-refractivity contribution is 5.51. The summed E-state index contributed by atoms with van der Waals surface area (Å²) >= 11 is 0. The van der Waals surface area contributed by atoms with Crippen LogP contribution in [0.5, 0.6) is 0 Å². The molecule has 0 amide bonds. The Morgan fingerprint density at radius 2 is 1.95 bits per heavy atom. The Bertz CT molecular complexity index is 428. The first kappa shape index (κ1) is 16.3. The Morgan fingerprint density at radius 3 is 2.62 bits per heavy atom. The van der Waals surface area contributed by atoms with Gasteiger partial charge in [0.2, 0.25) is 0 Å². The third-order valence-corrected chi connectivity index (χ3v) is 4.87. The Kier molecular flexibility index (Phi) is 6.07. The van der Waals surface area contributed by atoms with Crippen LogP contribution in [0.15, 0.2) is 24.3 Å². The van der Waals surface area contributed by atoms with Crippen molar-refractivity contribution in [3.63, 3.8) is 0 Å². The second-order valence-corrected chi connectivity index (χ2v) is 6.31. The van der Waals surface area contributed by atoms with Crippen molar-refractivity contribution in [2.24, 2.45) is 0 Å². The van der Waals surface area contributed by atoms with Crippen LogP contribution in [0.2, 0.25) is 0 Å². The lowest BCUT2D eigenvalue weighted by atomic mass is 9.98. The summed E-state index contributed by atoms with van der Waals surface area (Å²) in [7, 11) is 2.23. The third-order valence-electron chi connectivity index (χ3n) is 4.87. The summed E-state index contributed by atoms with van der Waals surface area (Å²) < 4.78 is 0. The van der Waals surface area contributed by atoms with Gasteiger partial charge >= 0.3 is 0 Å². The fourth-order valence-corrected chi connectivity index (χ4v) is 3.13. The molecule has 118 valence electrons. The van der Waals surface area contributed by atoms with Gasteiger partial charge in [-0.2, -0.15) is 0 Å². The fraction of sp³-hybridized carbons (Fsp3) is 0.667. The number of likely N-dealkylation sites (tertiary alicyclic amines) is 1. The number of hydrogen-bond donors (Lipinski definition) is 1. The molecule has 1 aromatic rings. The molecule has 1 N–H and O–H groups in total. The topological polar surface area (TPSA) is 18.5 Å². The first-order valence-electron chi connectivity index (χ1n) is 8.41. The summed E-state index contributed by atoms with van der Waals surface area (Å²) in [6.07, 6.45) is 2.47. The van der Waals surface area contributed by atoms with Gasteiger partial charge in [-0.3, -0.25) is 4.90 Å². The molecule has 1 aromatic carbocycles. The molecule has 3 heteroatoms. The molecule has 1 saturated heterocycles. The van der Waals surface area contributed by atoms with Gasteiger partial charge in [0.1, 0.15) is 0 Å². The van der Waals surface area contributed by atoms with Crippen molar-refractivity contribution in [1.29, 1.82) is 0 Å². The Balaban J connectivity index is 2.03. The summed E-state index contributed by atoms with van der Waals surface area (Å²) in [6.45, 7) is 11.2. The van der Waals surface area contributed by atoms with Crippen molar-refractivity contribution >= 4 is 5.69 Å². The molecule has 0 aliphatic carbocycles. The van der Waals surface area contributed by atoms with Crippen LogP contribution in [0.25, 0.3) is 0 Å². The van der Waals surface area contributed by atoms with E-state index >= 15 is 0 Å². The Hall–Kier alpha value is -1.06. The van der Waals surface area contributed by atoms with Gasteiger partial charge in [0.25, 0.3) is 0 Å². The van der Waals surface area contributed by atoms with Crippen LogP contribution in [0, 0.1) is 0 Å². The van der Waals surface area contributed by atoms with Crippen molar-refractivity contribution < 1.29 is 0 Å². The Morgan fingerprint density at radius 1 is 1.24 bits per heavy atom. The van der Waals surface area contributed by atoms with Crippen LogP contribution in [-0.2, 0) is 6.54 Å². The SMILES string of the molecule is CCN(CC)Cc1ccccc1NC1CCN(C)C(C)C1. The largest absolute Gasteiger partial charge is 0.382 e. The van der Waals surface area contributed by atoms with Crippen LogP contribution >= 0.6 is 0 Å². The van der Waals surface area contributed by atoms with E-state index in [1.54, 1.807) is 0 Å². The van der Waals surface area contributed by atoms with E-state index in [2.05, 4.69) is 67.2 Å². The van der Waals surface area contributed by atoms with Gasteiger partial charge in [0.15, 0.2) is 0 Å². The number of anilines is 1. The smallest absolute Gasteiger partial charge is 0.0388 e. The standard InChI is InChI=1S/C18H31N3/c1-5-21(6-2)14-16-9-7-8-10-18(16)19-17-11-12-20(4)15(3)13-17/h7-10,15,17,19H,5-6,11-14H2,1-4H3. The van der Waals surface area contributed by atoms with Crippen LogP contribution in [0.3, 0.4) is 0 Å². The second kappa shape index (κ2) is 7.81. The number of benzene rings is 1. The predicted octanol–water partition coefficient (Wildman–Crippen LogP) is 3.42. The highest BCUT2D eigenvalue weighted by Crippen LogP contribution is 2.23. The second-order valence-electron chi connectivity index (χ2n) is 6.31. The predicted molar refractivity (Wildman–Crippen MR) is 91.8 cm³/mol.